The van der Waals surface area contributed by atoms with Gasteiger partial charge in [0.15, 0.2) is 0 Å². The fourth-order valence-electron chi connectivity index (χ4n) is 3.75. The van der Waals surface area contributed by atoms with Crippen molar-refractivity contribution in [2.24, 2.45) is 0 Å². The molecule has 3 unspecified atom stereocenters. The fourth-order valence-corrected chi connectivity index (χ4v) is 3.75. The summed E-state index contributed by atoms with van der Waals surface area (Å²) in [5.41, 5.74) is 1.02. The number of pyridine rings is 1. The highest BCUT2D eigenvalue weighted by atomic mass is 16.5. The van der Waals surface area contributed by atoms with Crippen molar-refractivity contribution >= 4 is 11.8 Å². The van der Waals surface area contributed by atoms with Crippen molar-refractivity contribution in [2.45, 2.75) is 64.8 Å². The van der Waals surface area contributed by atoms with Crippen LogP contribution < -0.4 is 10.2 Å². The number of hydrogen-bond donors (Lipinski definition) is 1. The number of aromatic nitrogens is 1. The highest BCUT2D eigenvalue weighted by molar-refractivity contribution is 5.74. The molecule has 2 fully saturated rings. The Morgan fingerprint density at radius 3 is 2.64 bits per heavy atom. The first-order chi connectivity index (χ1) is 12.0. The molecule has 2 amide bonds. The SMILES string of the molecule is CC1CN(c2ccc(CNC(=O)N3CCCCC3C)cn2)CC(C)O1. The quantitative estimate of drug-likeness (QED) is 0.914. The monoisotopic (exact) mass is 346 g/mol. The van der Waals surface area contributed by atoms with Crippen LogP contribution in [0.15, 0.2) is 18.3 Å². The van der Waals surface area contributed by atoms with E-state index in [0.717, 1.165) is 43.9 Å². The number of hydrogen-bond acceptors (Lipinski definition) is 4. The maximum atomic E-state index is 12.3. The highest BCUT2D eigenvalue weighted by Gasteiger charge is 2.24. The Bertz CT molecular complexity index is 567. The maximum absolute atomic E-state index is 12.3. The number of likely N-dealkylation sites (tertiary alicyclic amines) is 1. The molecule has 0 saturated carbocycles. The molecule has 1 aromatic heterocycles. The van der Waals surface area contributed by atoms with Crippen LogP contribution in [0.1, 0.15) is 45.6 Å². The van der Waals surface area contributed by atoms with Gasteiger partial charge >= 0.3 is 6.03 Å². The summed E-state index contributed by atoms with van der Waals surface area (Å²) >= 11 is 0. The number of carbonyl (C=O) groups is 1. The number of morpholine rings is 1. The summed E-state index contributed by atoms with van der Waals surface area (Å²) in [7, 11) is 0. The lowest BCUT2D eigenvalue weighted by Gasteiger charge is -2.36. The molecule has 3 heterocycles. The minimum Gasteiger partial charge on any atom is -0.372 e. The first-order valence-electron chi connectivity index (χ1n) is 9.42. The molecule has 0 aromatic carbocycles. The lowest BCUT2D eigenvalue weighted by atomic mass is 10.0. The van der Waals surface area contributed by atoms with E-state index in [-0.39, 0.29) is 18.2 Å². The van der Waals surface area contributed by atoms with Crippen LogP contribution in [0.5, 0.6) is 0 Å². The second-order valence-corrected chi connectivity index (χ2v) is 7.38. The zero-order valence-electron chi connectivity index (χ0n) is 15.6. The van der Waals surface area contributed by atoms with Crippen LogP contribution >= 0.6 is 0 Å². The summed E-state index contributed by atoms with van der Waals surface area (Å²) in [5.74, 6) is 0.974. The van der Waals surface area contributed by atoms with Gasteiger partial charge in [-0.15, -0.1) is 0 Å². The third kappa shape index (κ3) is 4.63. The molecular weight excluding hydrogens is 316 g/mol. The lowest BCUT2D eigenvalue weighted by molar-refractivity contribution is -0.00546. The Labute approximate surface area is 150 Å². The van der Waals surface area contributed by atoms with E-state index in [1.807, 2.05) is 23.2 Å². The van der Waals surface area contributed by atoms with Crippen molar-refractivity contribution in [1.82, 2.24) is 15.2 Å². The van der Waals surface area contributed by atoms with Gasteiger partial charge in [0.05, 0.1) is 12.2 Å². The number of carbonyl (C=O) groups excluding carboxylic acids is 1. The highest BCUT2D eigenvalue weighted by Crippen LogP contribution is 2.19. The van der Waals surface area contributed by atoms with Gasteiger partial charge < -0.3 is 19.9 Å². The minimum atomic E-state index is 0.0344. The van der Waals surface area contributed by atoms with Gasteiger partial charge in [0.25, 0.3) is 0 Å². The number of nitrogens with one attached hydrogen (secondary N) is 1. The molecule has 2 aliphatic rings. The smallest absolute Gasteiger partial charge is 0.317 e. The molecule has 0 spiro atoms. The van der Waals surface area contributed by atoms with Crippen LogP contribution in [0.2, 0.25) is 0 Å². The molecule has 138 valence electrons. The third-order valence-electron chi connectivity index (χ3n) is 5.06. The summed E-state index contributed by atoms with van der Waals surface area (Å²) in [4.78, 5) is 21.1. The topological polar surface area (TPSA) is 57.7 Å². The van der Waals surface area contributed by atoms with Crippen LogP contribution in [-0.2, 0) is 11.3 Å². The number of piperidine rings is 1. The van der Waals surface area contributed by atoms with Crippen molar-refractivity contribution in [3.8, 4) is 0 Å². The molecular formula is C19H30N4O2. The van der Waals surface area contributed by atoms with Gasteiger partial charge in [-0.1, -0.05) is 6.07 Å². The standard InChI is InChI=1S/C19H30N4O2/c1-14-6-4-5-9-23(14)19(24)21-11-17-7-8-18(20-10-17)22-12-15(2)25-16(3)13-22/h7-8,10,14-16H,4-6,9,11-13H2,1-3H3,(H,21,24). The second-order valence-electron chi connectivity index (χ2n) is 7.38. The summed E-state index contributed by atoms with van der Waals surface area (Å²) in [5, 5.41) is 3.03. The van der Waals surface area contributed by atoms with Crippen molar-refractivity contribution in [3.05, 3.63) is 23.9 Å². The maximum Gasteiger partial charge on any atom is 0.317 e. The van der Waals surface area contributed by atoms with Crippen LogP contribution in [-0.4, -0.2) is 53.8 Å². The van der Waals surface area contributed by atoms with Gasteiger partial charge in [0.1, 0.15) is 5.82 Å². The van der Waals surface area contributed by atoms with Gasteiger partial charge in [-0.2, -0.15) is 0 Å². The molecule has 6 heteroatoms. The molecule has 3 atom stereocenters. The zero-order chi connectivity index (χ0) is 17.8. The third-order valence-corrected chi connectivity index (χ3v) is 5.06. The van der Waals surface area contributed by atoms with Gasteiger partial charge in [0.2, 0.25) is 0 Å². The van der Waals surface area contributed by atoms with E-state index in [1.165, 1.54) is 6.42 Å². The Kier molecular flexibility index (Phi) is 5.78. The van der Waals surface area contributed by atoms with Crippen molar-refractivity contribution in [1.29, 1.82) is 0 Å². The summed E-state index contributed by atoms with van der Waals surface area (Å²) in [6.07, 6.45) is 5.71. The van der Waals surface area contributed by atoms with Gasteiger partial charge in [-0.3, -0.25) is 0 Å². The second kappa shape index (κ2) is 8.04. The fraction of sp³-hybridized carbons (Fsp3) is 0.684. The Hall–Kier alpha value is -1.82. The molecule has 0 bridgehead atoms. The van der Waals surface area contributed by atoms with Crippen LogP contribution in [0.4, 0.5) is 10.6 Å². The van der Waals surface area contributed by atoms with Crippen LogP contribution in [0.3, 0.4) is 0 Å². The van der Waals surface area contributed by atoms with E-state index in [0.29, 0.717) is 12.6 Å². The summed E-state index contributed by atoms with van der Waals surface area (Å²) < 4.78 is 5.77. The summed E-state index contributed by atoms with van der Waals surface area (Å²) in [6.45, 7) is 9.41. The van der Waals surface area contributed by atoms with E-state index in [2.05, 4.69) is 36.0 Å². The number of urea groups is 1. The Balaban J connectivity index is 1.53. The molecule has 1 N–H and O–H groups in total. The van der Waals surface area contributed by atoms with Crippen molar-refractivity contribution in [2.75, 3.05) is 24.5 Å². The average Bonchev–Trinajstić information content (AvgIpc) is 2.60. The van der Waals surface area contributed by atoms with Crippen LogP contribution in [0.25, 0.3) is 0 Å². The molecule has 25 heavy (non-hydrogen) atoms. The lowest BCUT2D eigenvalue weighted by Crippen LogP contribution is -2.47. The van der Waals surface area contributed by atoms with E-state index >= 15 is 0 Å². The number of anilines is 1. The van der Waals surface area contributed by atoms with E-state index in [1.54, 1.807) is 0 Å². The van der Waals surface area contributed by atoms with Gasteiger partial charge in [-0.25, -0.2) is 9.78 Å². The number of ether oxygens (including phenoxy) is 1. The first-order valence-corrected chi connectivity index (χ1v) is 9.42. The summed E-state index contributed by atoms with van der Waals surface area (Å²) in [6, 6.07) is 4.45. The number of rotatable bonds is 3. The normalized spacial score (nSPS) is 27.2. The first kappa shape index (κ1) is 18.0. The van der Waals surface area contributed by atoms with Crippen LogP contribution in [0, 0.1) is 0 Å². The van der Waals surface area contributed by atoms with E-state index < -0.39 is 0 Å². The van der Waals surface area contributed by atoms with Crippen molar-refractivity contribution in [3.63, 3.8) is 0 Å². The average molecular weight is 346 g/mol. The van der Waals surface area contributed by atoms with Crippen molar-refractivity contribution < 1.29 is 9.53 Å². The molecule has 3 rings (SSSR count). The largest absolute Gasteiger partial charge is 0.372 e. The van der Waals surface area contributed by atoms with Gasteiger partial charge in [-0.05, 0) is 51.7 Å². The minimum absolute atomic E-state index is 0.0344. The molecule has 1 aromatic rings. The molecule has 6 nitrogen and oxygen atoms in total. The number of amides is 2. The molecule has 2 aliphatic heterocycles. The van der Waals surface area contributed by atoms with E-state index in [9.17, 15) is 4.79 Å². The molecule has 0 radical (unpaired) electrons. The predicted octanol–water partition coefficient (Wildman–Crippen LogP) is 2.78. The van der Waals surface area contributed by atoms with Gasteiger partial charge in [0, 0.05) is 38.4 Å². The predicted molar refractivity (Wildman–Crippen MR) is 98.7 cm³/mol. The molecule has 2 saturated heterocycles. The zero-order valence-corrected chi connectivity index (χ0v) is 15.6. The Morgan fingerprint density at radius 1 is 1.24 bits per heavy atom. The number of nitrogens with zero attached hydrogens (tertiary/aromatic N) is 3. The van der Waals surface area contributed by atoms with E-state index in [4.69, 9.17) is 4.74 Å². The molecule has 0 aliphatic carbocycles. The Morgan fingerprint density at radius 2 is 2.00 bits per heavy atom.